The minimum absolute atomic E-state index is 0.573. The lowest BCUT2D eigenvalue weighted by atomic mass is 10.2. The minimum atomic E-state index is 0.573. The smallest absolute Gasteiger partial charge is 0.209 e. The molecule has 0 bridgehead atoms. The SMILES string of the molecule is Clc1cc(CSc2n[nH]c(-c3ccccc3Br)n2)cc2c1OCCCO2. The summed E-state index contributed by atoms with van der Waals surface area (Å²) in [5, 5.41) is 8.53. The van der Waals surface area contributed by atoms with Gasteiger partial charge < -0.3 is 9.47 Å². The molecule has 26 heavy (non-hydrogen) atoms. The van der Waals surface area contributed by atoms with Gasteiger partial charge in [0.25, 0.3) is 0 Å². The fourth-order valence-corrected chi connectivity index (χ4v) is 4.09. The lowest BCUT2D eigenvalue weighted by Gasteiger charge is -2.11. The number of fused-ring (bicyclic) bond motifs is 1. The van der Waals surface area contributed by atoms with Crippen molar-refractivity contribution in [3.8, 4) is 22.9 Å². The summed E-state index contributed by atoms with van der Waals surface area (Å²) < 4.78 is 12.4. The van der Waals surface area contributed by atoms with Crippen LogP contribution in [0.25, 0.3) is 11.4 Å². The van der Waals surface area contributed by atoms with E-state index in [-0.39, 0.29) is 0 Å². The van der Waals surface area contributed by atoms with Gasteiger partial charge in [-0.1, -0.05) is 57.5 Å². The molecule has 0 spiro atoms. The molecular formula is C18H15BrClN3O2S. The van der Waals surface area contributed by atoms with Gasteiger partial charge in [0.15, 0.2) is 17.3 Å². The summed E-state index contributed by atoms with van der Waals surface area (Å²) in [7, 11) is 0. The van der Waals surface area contributed by atoms with Crippen LogP contribution in [0.15, 0.2) is 46.0 Å². The summed E-state index contributed by atoms with van der Waals surface area (Å²) in [6.45, 7) is 1.26. The zero-order valence-corrected chi connectivity index (χ0v) is 16.8. The van der Waals surface area contributed by atoms with Gasteiger partial charge in [-0.05, 0) is 23.8 Å². The lowest BCUT2D eigenvalue weighted by molar-refractivity contribution is 0.297. The molecule has 0 saturated heterocycles. The van der Waals surface area contributed by atoms with Gasteiger partial charge in [0.1, 0.15) is 0 Å². The second-order valence-corrected chi connectivity index (χ2v) is 7.89. The van der Waals surface area contributed by atoms with Crippen LogP contribution in [0.1, 0.15) is 12.0 Å². The van der Waals surface area contributed by atoms with Crippen molar-refractivity contribution in [3.63, 3.8) is 0 Å². The molecule has 0 radical (unpaired) electrons. The van der Waals surface area contributed by atoms with Gasteiger partial charge in [0.05, 0.1) is 18.2 Å². The third-order valence-corrected chi connectivity index (χ3v) is 5.71. The van der Waals surface area contributed by atoms with E-state index < -0.39 is 0 Å². The van der Waals surface area contributed by atoms with E-state index in [1.54, 1.807) is 0 Å². The largest absolute Gasteiger partial charge is 0.489 e. The molecule has 1 aromatic heterocycles. The standard InChI is InChI=1S/C18H15BrClN3O2S/c19-13-5-2-1-4-12(13)17-21-18(23-22-17)26-10-11-8-14(20)16-15(9-11)24-6-3-7-25-16/h1-2,4-5,8-9H,3,6-7,10H2,(H,21,22,23). The van der Waals surface area contributed by atoms with Gasteiger partial charge in [-0.3, -0.25) is 5.10 Å². The Balaban J connectivity index is 1.49. The Labute approximate surface area is 168 Å². The molecule has 0 aliphatic carbocycles. The first-order chi connectivity index (χ1) is 12.7. The van der Waals surface area contributed by atoms with Crippen molar-refractivity contribution in [1.29, 1.82) is 0 Å². The van der Waals surface area contributed by atoms with Gasteiger partial charge in [-0.2, -0.15) is 0 Å². The van der Waals surface area contributed by atoms with Crippen molar-refractivity contribution in [3.05, 3.63) is 51.5 Å². The van der Waals surface area contributed by atoms with Gasteiger partial charge in [-0.25, -0.2) is 4.98 Å². The van der Waals surface area contributed by atoms with Gasteiger partial charge in [-0.15, -0.1) is 5.10 Å². The average molecular weight is 453 g/mol. The van der Waals surface area contributed by atoms with Crippen LogP contribution in [0.4, 0.5) is 0 Å². The Hall–Kier alpha value is -1.70. The first kappa shape index (κ1) is 17.7. The number of halogens is 2. The monoisotopic (exact) mass is 451 g/mol. The Bertz CT molecular complexity index is 935. The molecule has 0 fully saturated rings. The van der Waals surface area contributed by atoms with Crippen LogP contribution in [-0.2, 0) is 5.75 Å². The number of aromatic amines is 1. The van der Waals surface area contributed by atoms with Crippen molar-refractivity contribution >= 4 is 39.3 Å². The van der Waals surface area contributed by atoms with Crippen LogP contribution in [-0.4, -0.2) is 28.4 Å². The number of rotatable bonds is 4. The summed E-state index contributed by atoms with van der Waals surface area (Å²) in [6, 6.07) is 11.8. The maximum Gasteiger partial charge on any atom is 0.209 e. The number of aromatic nitrogens is 3. The van der Waals surface area contributed by atoms with Gasteiger partial charge >= 0.3 is 0 Å². The van der Waals surface area contributed by atoms with Gasteiger partial charge in [0.2, 0.25) is 5.16 Å². The molecule has 0 unspecified atom stereocenters. The van der Waals surface area contributed by atoms with E-state index >= 15 is 0 Å². The molecule has 2 aromatic carbocycles. The quantitative estimate of drug-likeness (QED) is 0.541. The number of benzene rings is 2. The van der Waals surface area contributed by atoms with Crippen molar-refractivity contribution in [2.24, 2.45) is 0 Å². The molecular weight excluding hydrogens is 438 g/mol. The number of H-pyrrole nitrogens is 1. The Morgan fingerprint density at radius 3 is 2.92 bits per heavy atom. The highest BCUT2D eigenvalue weighted by molar-refractivity contribution is 9.10. The maximum atomic E-state index is 6.35. The topological polar surface area (TPSA) is 60.0 Å². The van der Waals surface area contributed by atoms with E-state index in [2.05, 4.69) is 31.1 Å². The summed E-state index contributed by atoms with van der Waals surface area (Å²) in [5.41, 5.74) is 2.02. The molecule has 4 rings (SSSR count). The summed E-state index contributed by atoms with van der Waals surface area (Å²) in [5.74, 6) is 2.75. The molecule has 0 atom stereocenters. The van der Waals surface area contributed by atoms with E-state index in [1.807, 2.05) is 36.4 Å². The Morgan fingerprint density at radius 1 is 1.19 bits per heavy atom. The van der Waals surface area contributed by atoms with E-state index in [9.17, 15) is 0 Å². The zero-order valence-electron chi connectivity index (χ0n) is 13.7. The molecule has 5 nitrogen and oxygen atoms in total. The van der Waals surface area contributed by atoms with E-state index in [0.29, 0.717) is 40.6 Å². The van der Waals surface area contributed by atoms with Crippen LogP contribution in [0.2, 0.25) is 5.02 Å². The van der Waals surface area contributed by atoms with Crippen LogP contribution in [0.3, 0.4) is 0 Å². The predicted molar refractivity (Wildman–Crippen MR) is 106 cm³/mol. The molecule has 0 saturated carbocycles. The summed E-state index contributed by atoms with van der Waals surface area (Å²) in [4.78, 5) is 4.56. The number of hydrogen-bond acceptors (Lipinski definition) is 5. The molecule has 2 heterocycles. The molecule has 8 heteroatoms. The van der Waals surface area contributed by atoms with Crippen LogP contribution >= 0.6 is 39.3 Å². The normalized spacial score (nSPS) is 13.5. The zero-order chi connectivity index (χ0) is 17.9. The van der Waals surface area contributed by atoms with E-state index in [4.69, 9.17) is 21.1 Å². The molecule has 1 aliphatic rings. The fourth-order valence-electron chi connectivity index (χ4n) is 2.60. The number of ether oxygens (including phenoxy) is 2. The molecule has 1 N–H and O–H groups in total. The fraction of sp³-hybridized carbons (Fsp3) is 0.222. The van der Waals surface area contributed by atoms with Crippen molar-refractivity contribution in [1.82, 2.24) is 15.2 Å². The maximum absolute atomic E-state index is 6.35. The number of thioether (sulfide) groups is 1. The third kappa shape index (κ3) is 3.84. The first-order valence-corrected chi connectivity index (χ1v) is 10.2. The van der Waals surface area contributed by atoms with E-state index in [0.717, 1.165) is 27.8 Å². The minimum Gasteiger partial charge on any atom is -0.489 e. The van der Waals surface area contributed by atoms with Gasteiger partial charge in [0, 0.05) is 22.2 Å². The number of nitrogens with one attached hydrogen (secondary N) is 1. The molecule has 0 amide bonds. The second-order valence-electron chi connectivity index (χ2n) is 5.69. The highest BCUT2D eigenvalue weighted by atomic mass is 79.9. The van der Waals surface area contributed by atoms with Crippen LogP contribution < -0.4 is 9.47 Å². The summed E-state index contributed by atoms with van der Waals surface area (Å²) >= 11 is 11.4. The highest BCUT2D eigenvalue weighted by Crippen LogP contribution is 2.39. The molecule has 3 aromatic rings. The average Bonchev–Trinajstić information content (AvgIpc) is 2.97. The summed E-state index contributed by atoms with van der Waals surface area (Å²) in [6.07, 6.45) is 0.851. The lowest BCUT2D eigenvalue weighted by Crippen LogP contribution is -1.97. The number of nitrogens with zero attached hydrogens (tertiary/aromatic N) is 2. The van der Waals surface area contributed by atoms with Crippen molar-refractivity contribution in [2.75, 3.05) is 13.2 Å². The van der Waals surface area contributed by atoms with E-state index in [1.165, 1.54) is 11.8 Å². The molecule has 134 valence electrons. The van der Waals surface area contributed by atoms with Crippen molar-refractivity contribution < 1.29 is 9.47 Å². The Kier molecular flexibility index (Phi) is 5.38. The second kappa shape index (κ2) is 7.90. The van der Waals surface area contributed by atoms with Crippen LogP contribution in [0.5, 0.6) is 11.5 Å². The Morgan fingerprint density at radius 2 is 2.04 bits per heavy atom. The first-order valence-electron chi connectivity index (χ1n) is 8.09. The third-order valence-electron chi connectivity index (χ3n) is 3.82. The van der Waals surface area contributed by atoms with Crippen LogP contribution in [0, 0.1) is 0 Å². The van der Waals surface area contributed by atoms with Crippen molar-refractivity contribution in [2.45, 2.75) is 17.3 Å². The predicted octanol–water partition coefficient (Wildman–Crippen LogP) is 5.34. The molecule has 1 aliphatic heterocycles. The number of hydrogen-bond donors (Lipinski definition) is 1. The highest BCUT2D eigenvalue weighted by Gasteiger charge is 2.16.